The van der Waals surface area contributed by atoms with Crippen molar-refractivity contribution in [2.24, 2.45) is 7.05 Å². The summed E-state index contributed by atoms with van der Waals surface area (Å²) in [5.41, 5.74) is 3.42. The standard InChI is InChI=1S/C14H23N5/c1-6-12-13(10-18(5)17-12)15-7-11-8-16-19(9-11)14(2,3)4/h8-10,15H,6-7H2,1-5H3. The Morgan fingerprint density at radius 1 is 1.26 bits per heavy atom. The topological polar surface area (TPSA) is 47.7 Å². The van der Waals surface area contributed by atoms with Crippen molar-refractivity contribution in [2.75, 3.05) is 5.32 Å². The number of rotatable bonds is 4. The van der Waals surface area contributed by atoms with E-state index < -0.39 is 0 Å². The van der Waals surface area contributed by atoms with E-state index in [2.05, 4.69) is 49.4 Å². The number of anilines is 1. The van der Waals surface area contributed by atoms with E-state index >= 15 is 0 Å². The van der Waals surface area contributed by atoms with Crippen LogP contribution < -0.4 is 5.32 Å². The second kappa shape index (κ2) is 5.07. The third kappa shape index (κ3) is 3.16. The predicted octanol–water partition coefficient (Wildman–Crippen LogP) is 2.55. The van der Waals surface area contributed by atoms with Gasteiger partial charge in [-0.15, -0.1) is 0 Å². The van der Waals surface area contributed by atoms with Crippen molar-refractivity contribution < 1.29 is 0 Å². The zero-order valence-electron chi connectivity index (χ0n) is 12.4. The van der Waals surface area contributed by atoms with Gasteiger partial charge in [0.05, 0.1) is 23.1 Å². The molecule has 0 radical (unpaired) electrons. The molecule has 0 aliphatic heterocycles. The first-order valence-electron chi connectivity index (χ1n) is 6.70. The minimum Gasteiger partial charge on any atom is -0.378 e. The maximum absolute atomic E-state index is 4.42. The minimum atomic E-state index is 0.0289. The molecule has 0 spiro atoms. The smallest absolute Gasteiger partial charge is 0.0853 e. The molecule has 0 bridgehead atoms. The molecular weight excluding hydrogens is 238 g/mol. The van der Waals surface area contributed by atoms with Crippen molar-refractivity contribution in [2.45, 2.75) is 46.2 Å². The number of nitrogens with zero attached hydrogens (tertiary/aromatic N) is 4. The van der Waals surface area contributed by atoms with Crippen molar-refractivity contribution in [3.05, 3.63) is 29.8 Å². The minimum absolute atomic E-state index is 0.0289. The zero-order chi connectivity index (χ0) is 14.0. The molecule has 2 aromatic rings. The molecule has 0 saturated carbocycles. The summed E-state index contributed by atoms with van der Waals surface area (Å²) in [5.74, 6) is 0. The van der Waals surface area contributed by atoms with Crippen molar-refractivity contribution in [1.82, 2.24) is 19.6 Å². The third-order valence-corrected chi connectivity index (χ3v) is 3.05. The molecule has 5 heteroatoms. The molecule has 2 aromatic heterocycles. The number of aromatic nitrogens is 4. The van der Waals surface area contributed by atoms with Crippen LogP contribution in [0.3, 0.4) is 0 Å². The molecule has 0 aliphatic rings. The maximum atomic E-state index is 4.42. The van der Waals surface area contributed by atoms with E-state index in [-0.39, 0.29) is 5.54 Å². The Bertz CT molecular complexity index is 544. The highest BCUT2D eigenvalue weighted by molar-refractivity contribution is 5.46. The van der Waals surface area contributed by atoms with Crippen molar-refractivity contribution in [3.8, 4) is 0 Å². The summed E-state index contributed by atoms with van der Waals surface area (Å²) in [5, 5.41) is 12.3. The highest BCUT2D eigenvalue weighted by Gasteiger charge is 2.14. The Hall–Kier alpha value is -1.78. The maximum Gasteiger partial charge on any atom is 0.0853 e. The van der Waals surface area contributed by atoms with E-state index in [0.29, 0.717) is 0 Å². The summed E-state index contributed by atoms with van der Waals surface area (Å²) in [6.07, 6.45) is 6.96. The van der Waals surface area contributed by atoms with E-state index in [9.17, 15) is 0 Å². The molecule has 19 heavy (non-hydrogen) atoms. The summed E-state index contributed by atoms with van der Waals surface area (Å²) < 4.78 is 3.84. The Morgan fingerprint density at radius 3 is 2.58 bits per heavy atom. The van der Waals surface area contributed by atoms with Crippen LogP contribution in [0.15, 0.2) is 18.6 Å². The molecule has 0 atom stereocenters. The first-order valence-corrected chi connectivity index (χ1v) is 6.70. The molecule has 0 aromatic carbocycles. The van der Waals surface area contributed by atoms with Crippen LogP contribution >= 0.6 is 0 Å². The van der Waals surface area contributed by atoms with Crippen LogP contribution in [0.2, 0.25) is 0 Å². The monoisotopic (exact) mass is 261 g/mol. The first kappa shape index (κ1) is 13.6. The molecule has 0 aliphatic carbocycles. The number of nitrogens with one attached hydrogen (secondary N) is 1. The van der Waals surface area contributed by atoms with Gasteiger partial charge in [-0.3, -0.25) is 9.36 Å². The van der Waals surface area contributed by atoms with Crippen LogP contribution in [-0.2, 0) is 25.6 Å². The van der Waals surface area contributed by atoms with Gasteiger partial charge in [-0.1, -0.05) is 6.92 Å². The highest BCUT2D eigenvalue weighted by Crippen LogP contribution is 2.16. The van der Waals surface area contributed by atoms with E-state index in [0.717, 1.165) is 24.3 Å². The van der Waals surface area contributed by atoms with Gasteiger partial charge in [0.1, 0.15) is 0 Å². The zero-order valence-corrected chi connectivity index (χ0v) is 12.4. The Labute approximate surface area is 114 Å². The Balaban J connectivity index is 2.04. The lowest BCUT2D eigenvalue weighted by Crippen LogP contribution is -2.21. The van der Waals surface area contributed by atoms with Gasteiger partial charge in [0, 0.05) is 31.5 Å². The fraction of sp³-hybridized carbons (Fsp3) is 0.571. The Kier molecular flexibility index (Phi) is 3.64. The molecule has 0 unspecified atom stereocenters. The number of hydrogen-bond acceptors (Lipinski definition) is 3. The lowest BCUT2D eigenvalue weighted by Gasteiger charge is -2.18. The second-order valence-electron chi connectivity index (χ2n) is 5.83. The van der Waals surface area contributed by atoms with Crippen molar-refractivity contribution >= 4 is 5.69 Å². The summed E-state index contributed by atoms with van der Waals surface area (Å²) in [7, 11) is 1.95. The predicted molar refractivity (Wildman–Crippen MR) is 77.1 cm³/mol. The second-order valence-corrected chi connectivity index (χ2v) is 5.83. The molecular formula is C14H23N5. The summed E-state index contributed by atoms with van der Waals surface area (Å²) >= 11 is 0. The van der Waals surface area contributed by atoms with Gasteiger partial charge >= 0.3 is 0 Å². The largest absolute Gasteiger partial charge is 0.378 e. The molecule has 2 heterocycles. The quantitative estimate of drug-likeness (QED) is 0.920. The normalized spacial score (nSPS) is 11.8. The lowest BCUT2D eigenvalue weighted by molar-refractivity contribution is 0.355. The van der Waals surface area contributed by atoms with Gasteiger partial charge in [-0.25, -0.2) is 0 Å². The van der Waals surface area contributed by atoms with Crippen LogP contribution in [-0.4, -0.2) is 19.6 Å². The van der Waals surface area contributed by atoms with Crippen LogP contribution in [0.25, 0.3) is 0 Å². The van der Waals surface area contributed by atoms with Gasteiger partial charge in [0.2, 0.25) is 0 Å². The fourth-order valence-electron chi connectivity index (χ4n) is 1.96. The fourth-order valence-corrected chi connectivity index (χ4v) is 1.96. The van der Waals surface area contributed by atoms with E-state index in [1.165, 1.54) is 5.56 Å². The molecule has 0 saturated heterocycles. The van der Waals surface area contributed by atoms with Gasteiger partial charge < -0.3 is 5.32 Å². The van der Waals surface area contributed by atoms with Gasteiger partial charge in [-0.2, -0.15) is 10.2 Å². The molecule has 0 fully saturated rings. The average molecular weight is 261 g/mol. The molecule has 104 valence electrons. The van der Waals surface area contributed by atoms with Crippen LogP contribution in [0.5, 0.6) is 0 Å². The number of hydrogen-bond donors (Lipinski definition) is 1. The van der Waals surface area contributed by atoms with Gasteiger partial charge in [0.25, 0.3) is 0 Å². The SMILES string of the molecule is CCc1nn(C)cc1NCc1cnn(C(C)(C)C)c1. The van der Waals surface area contributed by atoms with Crippen LogP contribution in [0, 0.1) is 0 Å². The van der Waals surface area contributed by atoms with Crippen LogP contribution in [0.1, 0.15) is 39.0 Å². The van der Waals surface area contributed by atoms with Crippen molar-refractivity contribution in [1.29, 1.82) is 0 Å². The van der Waals surface area contributed by atoms with Gasteiger partial charge in [0.15, 0.2) is 0 Å². The third-order valence-electron chi connectivity index (χ3n) is 3.05. The average Bonchev–Trinajstić information content (AvgIpc) is 2.91. The first-order chi connectivity index (χ1) is 8.90. The van der Waals surface area contributed by atoms with E-state index in [1.54, 1.807) is 0 Å². The van der Waals surface area contributed by atoms with E-state index in [4.69, 9.17) is 0 Å². The molecule has 1 N–H and O–H groups in total. The molecule has 5 nitrogen and oxygen atoms in total. The summed E-state index contributed by atoms with van der Waals surface area (Å²) in [6.45, 7) is 9.33. The van der Waals surface area contributed by atoms with Crippen LogP contribution in [0.4, 0.5) is 5.69 Å². The molecule has 2 rings (SSSR count). The lowest BCUT2D eigenvalue weighted by atomic mass is 10.1. The highest BCUT2D eigenvalue weighted by atomic mass is 15.3. The molecule has 0 amide bonds. The summed E-state index contributed by atoms with van der Waals surface area (Å²) in [6, 6.07) is 0. The summed E-state index contributed by atoms with van der Waals surface area (Å²) in [4.78, 5) is 0. The number of aryl methyl sites for hydroxylation is 2. The van der Waals surface area contributed by atoms with Crippen molar-refractivity contribution in [3.63, 3.8) is 0 Å². The Morgan fingerprint density at radius 2 is 2.00 bits per heavy atom. The van der Waals surface area contributed by atoms with Gasteiger partial charge in [-0.05, 0) is 27.2 Å². The van der Waals surface area contributed by atoms with E-state index in [1.807, 2.05) is 28.8 Å².